The Hall–Kier alpha value is -2.05. The first kappa shape index (κ1) is 18.7. The SMILES string of the molecule is CC(C)Cn1c(SC(C)C(=O)Nc2ccc(Cl)cn2)nc2ccccc21. The molecule has 1 unspecified atom stereocenters. The summed E-state index contributed by atoms with van der Waals surface area (Å²) in [5.41, 5.74) is 2.04. The van der Waals surface area contributed by atoms with Crippen molar-refractivity contribution in [2.75, 3.05) is 5.32 Å². The zero-order valence-electron chi connectivity index (χ0n) is 14.9. The maximum Gasteiger partial charge on any atom is 0.238 e. The van der Waals surface area contributed by atoms with Crippen LogP contribution in [0.3, 0.4) is 0 Å². The highest BCUT2D eigenvalue weighted by Crippen LogP contribution is 2.28. The summed E-state index contributed by atoms with van der Waals surface area (Å²) in [5, 5.41) is 3.89. The van der Waals surface area contributed by atoms with Gasteiger partial charge in [0.2, 0.25) is 5.91 Å². The number of hydrogen-bond acceptors (Lipinski definition) is 4. The lowest BCUT2D eigenvalue weighted by atomic mass is 10.2. The summed E-state index contributed by atoms with van der Waals surface area (Å²) in [4.78, 5) is 21.3. The quantitative estimate of drug-likeness (QED) is 0.612. The lowest BCUT2D eigenvalue weighted by Crippen LogP contribution is -2.23. The van der Waals surface area contributed by atoms with Crippen LogP contribution in [0.5, 0.6) is 0 Å². The van der Waals surface area contributed by atoms with Gasteiger partial charge in [-0.15, -0.1) is 0 Å². The van der Waals surface area contributed by atoms with Crippen LogP contribution in [0.1, 0.15) is 20.8 Å². The molecule has 0 aliphatic heterocycles. The van der Waals surface area contributed by atoms with Crippen LogP contribution in [-0.4, -0.2) is 25.7 Å². The van der Waals surface area contributed by atoms with E-state index in [0.29, 0.717) is 16.8 Å². The second kappa shape index (κ2) is 8.10. The summed E-state index contributed by atoms with van der Waals surface area (Å²) < 4.78 is 2.19. The maximum absolute atomic E-state index is 12.5. The molecule has 1 N–H and O–H groups in total. The van der Waals surface area contributed by atoms with E-state index >= 15 is 0 Å². The van der Waals surface area contributed by atoms with Crippen molar-refractivity contribution in [3.63, 3.8) is 0 Å². The van der Waals surface area contributed by atoms with Crippen LogP contribution in [0.4, 0.5) is 5.82 Å². The van der Waals surface area contributed by atoms with Gasteiger partial charge in [0.25, 0.3) is 0 Å². The molecule has 2 heterocycles. The molecular weight excluding hydrogens is 368 g/mol. The second-order valence-corrected chi connectivity index (χ2v) is 8.24. The highest BCUT2D eigenvalue weighted by molar-refractivity contribution is 8.00. The average Bonchev–Trinajstić information content (AvgIpc) is 2.94. The minimum Gasteiger partial charge on any atom is -0.319 e. The summed E-state index contributed by atoms with van der Waals surface area (Å²) in [5.74, 6) is 0.852. The average molecular weight is 389 g/mol. The number of benzene rings is 1. The van der Waals surface area contributed by atoms with Gasteiger partial charge in [-0.1, -0.05) is 49.3 Å². The van der Waals surface area contributed by atoms with Gasteiger partial charge in [0.1, 0.15) is 5.82 Å². The number of carbonyl (C=O) groups is 1. The molecule has 2 aromatic heterocycles. The number of imidazole rings is 1. The molecule has 7 heteroatoms. The number of aromatic nitrogens is 3. The molecule has 0 bridgehead atoms. The molecule has 26 heavy (non-hydrogen) atoms. The lowest BCUT2D eigenvalue weighted by Gasteiger charge is -2.14. The Bertz CT molecular complexity index is 908. The van der Waals surface area contributed by atoms with Crippen LogP contribution in [0.15, 0.2) is 47.8 Å². The third kappa shape index (κ3) is 4.37. The Morgan fingerprint density at radius 1 is 1.23 bits per heavy atom. The Morgan fingerprint density at radius 2 is 2.00 bits per heavy atom. The van der Waals surface area contributed by atoms with E-state index in [9.17, 15) is 4.79 Å². The van der Waals surface area contributed by atoms with Gasteiger partial charge < -0.3 is 9.88 Å². The van der Waals surface area contributed by atoms with Gasteiger partial charge in [-0.05, 0) is 37.1 Å². The van der Waals surface area contributed by atoms with E-state index in [2.05, 4.69) is 34.8 Å². The summed E-state index contributed by atoms with van der Waals surface area (Å²) in [6, 6.07) is 11.4. The standard InChI is InChI=1S/C19H21ClN4OS/c1-12(2)11-24-16-7-5-4-6-15(16)22-19(24)26-13(3)18(25)23-17-9-8-14(20)10-21-17/h4-10,12-13H,11H2,1-3H3,(H,21,23,25). The normalized spacial score (nSPS) is 12.5. The van der Waals surface area contributed by atoms with Crippen molar-refractivity contribution in [2.24, 2.45) is 5.92 Å². The predicted molar refractivity (Wildman–Crippen MR) is 108 cm³/mol. The molecule has 1 amide bonds. The van der Waals surface area contributed by atoms with E-state index in [4.69, 9.17) is 16.6 Å². The number of amides is 1. The first-order valence-electron chi connectivity index (χ1n) is 8.48. The van der Waals surface area contributed by atoms with Crippen LogP contribution in [0, 0.1) is 5.92 Å². The summed E-state index contributed by atoms with van der Waals surface area (Å²) in [6.45, 7) is 7.07. The van der Waals surface area contributed by atoms with Crippen molar-refractivity contribution in [2.45, 2.75) is 37.7 Å². The molecule has 0 fully saturated rings. The van der Waals surface area contributed by atoms with Crippen LogP contribution >= 0.6 is 23.4 Å². The monoisotopic (exact) mass is 388 g/mol. The maximum atomic E-state index is 12.5. The number of hydrogen-bond donors (Lipinski definition) is 1. The zero-order chi connectivity index (χ0) is 18.7. The van der Waals surface area contributed by atoms with Crippen molar-refractivity contribution < 1.29 is 4.79 Å². The van der Waals surface area contributed by atoms with E-state index in [-0.39, 0.29) is 11.2 Å². The van der Waals surface area contributed by atoms with Crippen LogP contribution in [0.2, 0.25) is 5.02 Å². The highest BCUT2D eigenvalue weighted by atomic mass is 35.5. The third-order valence-electron chi connectivity index (χ3n) is 3.80. The zero-order valence-corrected chi connectivity index (χ0v) is 16.5. The number of halogens is 1. The fourth-order valence-corrected chi connectivity index (χ4v) is 3.62. The lowest BCUT2D eigenvalue weighted by molar-refractivity contribution is -0.115. The first-order valence-corrected chi connectivity index (χ1v) is 9.74. The number of thioether (sulfide) groups is 1. The Kier molecular flexibility index (Phi) is 5.84. The number of anilines is 1. The molecule has 0 radical (unpaired) electrons. The topological polar surface area (TPSA) is 59.8 Å². The molecule has 1 atom stereocenters. The van der Waals surface area contributed by atoms with E-state index in [1.54, 1.807) is 12.1 Å². The number of para-hydroxylation sites is 2. The Morgan fingerprint density at radius 3 is 2.69 bits per heavy atom. The van der Waals surface area contributed by atoms with Gasteiger partial charge in [-0.3, -0.25) is 4.79 Å². The van der Waals surface area contributed by atoms with Gasteiger partial charge in [-0.2, -0.15) is 0 Å². The summed E-state index contributed by atoms with van der Waals surface area (Å²) in [7, 11) is 0. The molecular formula is C19H21ClN4OS. The molecule has 3 aromatic rings. The molecule has 1 aromatic carbocycles. The first-order chi connectivity index (χ1) is 12.4. The smallest absolute Gasteiger partial charge is 0.238 e. The Labute approximate surface area is 162 Å². The third-order valence-corrected chi connectivity index (χ3v) is 5.11. The summed E-state index contributed by atoms with van der Waals surface area (Å²) >= 11 is 7.28. The largest absolute Gasteiger partial charge is 0.319 e. The molecule has 0 saturated heterocycles. The molecule has 136 valence electrons. The number of fused-ring (bicyclic) bond motifs is 1. The molecule has 3 rings (SSSR count). The molecule has 0 spiro atoms. The van der Waals surface area contributed by atoms with Crippen molar-refractivity contribution in [1.82, 2.24) is 14.5 Å². The van der Waals surface area contributed by atoms with Crippen molar-refractivity contribution in [1.29, 1.82) is 0 Å². The van der Waals surface area contributed by atoms with Crippen molar-refractivity contribution >= 4 is 46.1 Å². The number of rotatable bonds is 6. The molecule has 5 nitrogen and oxygen atoms in total. The molecule has 0 aliphatic rings. The van der Waals surface area contributed by atoms with Crippen molar-refractivity contribution in [3.8, 4) is 0 Å². The van der Waals surface area contributed by atoms with E-state index in [1.807, 2.05) is 25.1 Å². The minimum absolute atomic E-state index is 0.118. The van der Waals surface area contributed by atoms with Gasteiger partial charge in [0, 0.05) is 12.7 Å². The van der Waals surface area contributed by atoms with E-state index in [1.165, 1.54) is 18.0 Å². The second-order valence-electron chi connectivity index (χ2n) is 6.50. The Balaban J connectivity index is 1.78. The molecule has 0 aliphatic carbocycles. The molecule has 0 saturated carbocycles. The van der Waals surface area contributed by atoms with Gasteiger partial charge >= 0.3 is 0 Å². The number of nitrogens with one attached hydrogen (secondary N) is 1. The highest BCUT2D eigenvalue weighted by Gasteiger charge is 2.20. The van der Waals surface area contributed by atoms with Gasteiger partial charge in [-0.25, -0.2) is 9.97 Å². The van der Waals surface area contributed by atoms with Crippen LogP contribution < -0.4 is 5.32 Å². The number of nitrogens with zero attached hydrogens (tertiary/aromatic N) is 3. The minimum atomic E-state index is -0.310. The number of pyridine rings is 1. The fourth-order valence-electron chi connectivity index (χ4n) is 2.57. The fraction of sp³-hybridized carbons (Fsp3) is 0.316. The van der Waals surface area contributed by atoms with Crippen molar-refractivity contribution in [3.05, 3.63) is 47.6 Å². The van der Waals surface area contributed by atoms with E-state index < -0.39 is 0 Å². The number of carbonyl (C=O) groups excluding carboxylic acids is 1. The van der Waals surface area contributed by atoms with Gasteiger partial charge in [0.15, 0.2) is 5.16 Å². The van der Waals surface area contributed by atoms with Crippen LogP contribution in [-0.2, 0) is 11.3 Å². The van der Waals surface area contributed by atoms with Gasteiger partial charge in [0.05, 0.1) is 21.3 Å². The van der Waals surface area contributed by atoms with E-state index in [0.717, 1.165) is 22.7 Å². The predicted octanol–water partition coefficient (Wildman–Crippen LogP) is 4.86. The van der Waals surface area contributed by atoms with Crippen LogP contribution in [0.25, 0.3) is 11.0 Å². The summed E-state index contributed by atoms with van der Waals surface area (Å²) in [6.07, 6.45) is 1.51.